The topological polar surface area (TPSA) is 55.8 Å². The molecular formula is C19H22FNO4. The van der Waals surface area contributed by atoms with Crippen LogP contribution in [0.4, 0.5) is 9.18 Å². The van der Waals surface area contributed by atoms with Gasteiger partial charge in [-0.15, -0.1) is 0 Å². The van der Waals surface area contributed by atoms with Gasteiger partial charge >= 0.3 is 6.09 Å². The van der Waals surface area contributed by atoms with Gasteiger partial charge in [0.05, 0.1) is 30.9 Å². The van der Waals surface area contributed by atoms with E-state index < -0.39 is 11.4 Å². The Bertz CT molecular complexity index is 723. The molecule has 6 heteroatoms. The van der Waals surface area contributed by atoms with E-state index in [-0.39, 0.29) is 23.7 Å². The van der Waals surface area contributed by atoms with Crippen LogP contribution in [0.15, 0.2) is 24.3 Å². The van der Waals surface area contributed by atoms with Crippen molar-refractivity contribution in [2.45, 2.75) is 44.9 Å². The molecule has 0 saturated carbocycles. The van der Waals surface area contributed by atoms with Gasteiger partial charge in [0, 0.05) is 0 Å². The Labute approximate surface area is 146 Å². The zero-order valence-corrected chi connectivity index (χ0v) is 14.6. The molecule has 5 nitrogen and oxygen atoms in total. The molecule has 0 N–H and O–H groups in total. The van der Waals surface area contributed by atoms with E-state index >= 15 is 0 Å². The second-order valence-electron chi connectivity index (χ2n) is 7.40. The predicted molar refractivity (Wildman–Crippen MR) is 90.8 cm³/mol. The summed E-state index contributed by atoms with van der Waals surface area (Å²) in [5.41, 5.74) is 1.15. The quantitative estimate of drug-likeness (QED) is 0.769. The number of carbonyl (C=O) groups excluding carboxylic acids is 2. The van der Waals surface area contributed by atoms with Crippen molar-refractivity contribution in [3.8, 4) is 0 Å². The number of morpholine rings is 1. The molecule has 2 atom stereocenters. The van der Waals surface area contributed by atoms with Gasteiger partial charge in [0.2, 0.25) is 0 Å². The van der Waals surface area contributed by atoms with Crippen LogP contribution in [0, 0.1) is 5.82 Å². The third-order valence-corrected chi connectivity index (χ3v) is 4.30. The van der Waals surface area contributed by atoms with Crippen molar-refractivity contribution in [2.75, 3.05) is 13.2 Å². The first-order chi connectivity index (χ1) is 11.8. The SMILES string of the molecule is CC(C)(C)OC(=O)N1C2C=C(c3ccc(C=O)c(F)c3)CC1COC2. The highest BCUT2D eigenvalue weighted by molar-refractivity contribution is 5.78. The molecule has 2 unspecified atom stereocenters. The first kappa shape index (κ1) is 17.6. The highest BCUT2D eigenvalue weighted by Gasteiger charge is 2.40. The number of hydrogen-bond acceptors (Lipinski definition) is 4. The summed E-state index contributed by atoms with van der Waals surface area (Å²) in [7, 11) is 0. The van der Waals surface area contributed by atoms with Crippen LogP contribution in [0.3, 0.4) is 0 Å². The van der Waals surface area contributed by atoms with Gasteiger partial charge in [-0.2, -0.15) is 0 Å². The van der Waals surface area contributed by atoms with Crippen molar-refractivity contribution >= 4 is 18.0 Å². The van der Waals surface area contributed by atoms with Gasteiger partial charge in [-0.25, -0.2) is 9.18 Å². The Morgan fingerprint density at radius 3 is 2.72 bits per heavy atom. The summed E-state index contributed by atoms with van der Waals surface area (Å²) in [4.78, 5) is 25.0. The van der Waals surface area contributed by atoms with Gasteiger partial charge in [0.25, 0.3) is 0 Å². The highest BCUT2D eigenvalue weighted by atomic mass is 19.1. The lowest BCUT2D eigenvalue weighted by Gasteiger charge is -2.44. The lowest BCUT2D eigenvalue weighted by molar-refractivity contribution is -0.0510. The van der Waals surface area contributed by atoms with Gasteiger partial charge < -0.3 is 9.47 Å². The number of aldehydes is 1. The fraction of sp³-hybridized carbons (Fsp3) is 0.474. The van der Waals surface area contributed by atoms with E-state index in [4.69, 9.17) is 9.47 Å². The van der Waals surface area contributed by atoms with Gasteiger partial charge in [0.15, 0.2) is 6.29 Å². The maximum Gasteiger partial charge on any atom is 0.411 e. The van der Waals surface area contributed by atoms with Crippen LogP contribution in [-0.2, 0) is 9.47 Å². The van der Waals surface area contributed by atoms with Crippen molar-refractivity contribution in [3.05, 3.63) is 41.2 Å². The van der Waals surface area contributed by atoms with E-state index in [9.17, 15) is 14.0 Å². The third kappa shape index (κ3) is 3.74. The fourth-order valence-electron chi connectivity index (χ4n) is 3.23. The molecule has 0 radical (unpaired) electrons. The smallest absolute Gasteiger partial charge is 0.411 e. The lowest BCUT2D eigenvalue weighted by Crippen LogP contribution is -2.57. The molecule has 1 aromatic carbocycles. The van der Waals surface area contributed by atoms with Gasteiger partial charge in [0.1, 0.15) is 11.4 Å². The maximum atomic E-state index is 13.9. The average Bonchev–Trinajstić information content (AvgIpc) is 2.51. The Morgan fingerprint density at radius 1 is 1.36 bits per heavy atom. The summed E-state index contributed by atoms with van der Waals surface area (Å²) in [5, 5.41) is 0. The molecule has 2 aliphatic rings. The first-order valence-corrected chi connectivity index (χ1v) is 8.33. The number of ether oxygens (including phenoxy) is 2. The Balaban J connectivity index is 1.87. The van der Waals surface area contributed by atoms with Gasteiger partial charge in [-0.1, -0.05) is 12.1 Å². The zero-order valence-electron chi connectivity index (χ0n) is 14.6. The normalized spacial score (nSPS) is 23.0. The summed E-state index contributed by atoms with van der Waals surface area (Å²) < 4.78 is 25.0. The molecule has 0 spiro atoms. The van der Waals surface area contributed by atoms with Crippen molar-refractivity contribution in [1.29, 1.82) is 0 Å². The molecule has 0 aromatic heterocycles. The minimum atomic E-state index is -0.565. The van der Waals surface area contributed by atoms with Crippen LogP contribution in [-0.4, -0.2) is 48.2 Å². The van der Waals surface area contributed by atoms with E-state index in [0.29, 0.717) is 25.9 Å². The molecule has 3 rings (SSSR count). The maximum absolute atomic E-state index is 13.9. The van der Waals surface area contributed by atoms with Crippen molar-refractivity contribution in [2.24, 2.45) is 0 Å². The molecule has 2 aliphatic heterocycles. The molecular weight excluding hydrogens is 325 g/mol. The number of nitrogens with zero attached hydrogens (tertiary/aromatic N) is 1. The number of fused-ring (bicyclic) bond motifs is 2. The molecule has 1 aromatic rings. The molecule has 0 aliphatic carbocycles. The van der Waals surface area contributed by atoms with E-state index in [1.54, 1.807) is 11.0 Å². The zero-order chi connectivity index (χ0) is 18.2. The first-order valence-electron chi connectivity index (χ1n) is 8.33. The van der Waals surface area contributed by atoms with E-state index in [1.165, 1.54) is 12.1 Å². The summed E-state index contributed by atoms with van der Waals surface area (Å²) in [6.07, 6.45) is 2.62. The van der Waals surface area contributed by atoms with Crippen molar-refractivity contribution < 1.29 is 23.5 Å². The molecule has 1 saturated heterocycles. The number of halogens is 1. The monoisotopic (exact) mass is 347 g/mol. The van der Waals surface area contributed by atoms with Crippen LogP contribution >= 0.6 is 0 Å². The second-order valence-corrected chi connectivity index (χ2v) is 7.40. The number of amides is 1. The Kier molecular flexibility index (Phi) is 4.64. The van der Waals surface area contributed by atoms with E-state index in [1.807, 2.05) is 26.8 Å². The number of carbonyl (C=O) groups is 2. The van der Waals surface area contributed by atoms with Crippen LogP contribution in [0.2, 0.25) is 0 Å². The Morgan fingerprint density at radius 2 is 2.12 bits per heavy atom. The van der Waals surface area contributed by atoms with Crippen LogP contribution in [0.5, 0.6) is 0 Å². The van der Waals surface area contributed by atoms with E-state index in [2.05, 4.69) is 0 Å². The third-order valence-electron chi connectivity index (χ3n) is 4.30. The molecule has 2 bridgehead atoms. The summed E-state index contributed by atoms with van der Waals surface area (Å²) in [6.45, 7) is 6.30. The van der Waals surface area contributed by atoms with Crippen molar-refractivity contribution in [1.82, 2.24) is 4.90 Å². The molecule has 2 heterocycles. The van der Waals surface area contributed by atoms with Crippen LogP contribution in [0.1, 0.15) is 43.1 Å². The van der Waals surface area contributed by atoms with Crippen molar-refractivity contribution in [3.63, 3.8) is 0 Å². The van der Waals surface area contributed by atoms with Crippen LogP contribution < -0.4 is 0 Å². The fourth-order valence-corrected chi connectivity index (χ4v) is 3.23. The molecule has 134 valence electrons. The van der Waals surface area contributed by atoms with Gasteiger partial charge in [-0.3, -0.25) is 9.69 Å². The molecule has 1 fully saturated rings. The second kappa shape index (κ2) is 6.59. The number of rotatable bonds is 2. The summed E-state index contributed by atoms with van der Waals surface area (Å²) >= 11 is 0. The lowest BCUT2D eigenvalue weighted by atomic mass is 9.89. The largest absolute Gasteiger partial charge is 0.444 e. The summed E-state index contributed by atoms with van der Waals surface area (Å²) in [6, 6.07) is 4.19. The minimum absolute atomic E-state index is 0.0408. The molecule has 1 amide bonds. The van der Waals surface area contributed by atoms with E-state index in [0.717, 1.165) is 11.1 Å². The number of benzene rings is 1. The Hall–Kier alpha value is -2.21. The predicted octanol–water partition coefficient (Wildman–Crippen LogP) is 3.43. The average molecular weight is 347 g/mol. The number of hydrogen-bond donors (Lipinski definition) is 0. The van der Waals surface area contributed by atoms with Gasteiger partial charge in [-0.05, 0) is 50.5 Å². The molecule has 25 heavy (non-hydrogen) atoms. The van der Waals surface area contributed by atoms with Crippen LogP contribution in [0.25, 0.3) is 5.57 Å². The minimum Gasteiger partial charge on any atom is -0.444 e. The summed E-state index contributed by atoms with van der Waals surface area (Å²) in [5.74, 6) is -0.538. The highest BCUT2D eigenvalue weighted by Crippen LogP contribution is 2.34. The standard InChI is InChI=1S/C19H22FNO4/c1-19(2,3)25-18(23)21-15-6-14(7-16(21)11-24-10-15)12-4-5-13(9-22)17(20)8-12/h4-6,8-9,15-16H,7,10-11H2,1-3H3.